The highest BCUT2D eigenvalue weighted by atomic mass is 32.1. The Morgan fingerprint density at radius 1 is 1.30 bits per heavy atom. The molecule has 0 radical (unpaired) electrons. The van der Waals surface area contributed by atoms with E-state index in [0.717, 1.165) is 0 Å². The quantitative estimate of drug-likeness (QED) is 0.448. The van der Waals surface area contributed by atoms with Crippen molar-refractivity contribution in [3.63, 3.8) is 0 Å². The number of hydrogen-bond acceptors (Lipinski definition) is 2. The Hall–Kier alpha value is -1.27. The topological polar surface area (TPSA) is 13.6 Å². The monoisotopic (exact) mass is 151 g/mol. The van der Waals surface area contributed by atoms with E-state index in [1.54, 1.807) is 12.1 Å². The summed E-state index contributed by atoms with van der Waals surface area (Å²) in [6, 6.07) is 9.22. The fourth-order valence-electron chi connectivity index (χ4n) is 0.560. The first kappa shape index (κ1) is 6.84. The smallest absolute Gasteiger partial charge is 0.354 e. The first-order valence-corrected chi connectivity index (χ1v) is 3.09. The molecule has 0 aliphatic heterocycles. The van der Waals surface area contributed by atoms with Crippen molar-refractivity contribution in [2.45, 2.75) is 0 Å². The molecule has 10 heavy (non-hydrogen) atoms. The maximum atomic E-state index is 4.83. The minimum absolute atomic E-state index is 0.691. The Balaban J connectivity index is 2.64. The van der Waals surface area contributed by atoms with Crippen molar-refractivity contribution in [3.05, 3.63) is 34.6 Å². The highest BCUT2D eigenvalue weighted by molar-refractivity contribution is 7.61. The van der Waals surface area contributed by atoms with Crippen LogP contribution in [0.1, 0.15) is 0 Å². The van der Waals surface area contributed by atoms with E-state index in [4.69, 9.17) is 4.74 Å². The second-order valence-corrected chi connectivity index (χ2v) is 1.78. The summed E-state index contributed by atoms with van der Waals surface area (Å²) < 4.78 is 7.98. The fourth-order valence-corrected chi connectivity index (χ4v) is 0.597. The van der Waals surface area contributed by atoms with E-state index >= 15 is 0 Å². The molecular formula is C7H5NOS. The molecule has 0 unspecified atom stereocenters. The summed E-state index contributed by atoms with van der Waals surface area (Å²) in [6.45, 7) is 0. The zero-order valence-corrected chi connectivity index (χ0v) is 5.97. The van der Waals surface area contributed by atoms with Crippen molar-refractivity contribution in [3.8, 4) is 12.0 Å². The minimum Gasteiger partial charge on any atom is -0.354 e. The van der Waals surface area contributed by atoms with Crippen LogP contribution in [0, 0.1) is 6.26 Å². The normalized spacial score (nSPS) is 7.60. The van der Waals surface area contributed by atoms with Gasteiger partial charge in [-0.2, -0.15) is 0 Å². The molecular weight excluding hydrogens is 146 g/mol. The van der Waals surface area contributed by atoms with Crippen LogP contribution in [-0.4, -0.2) is 0 Å². The number of ether oxygens (including phenoxy) is 1. The highest BCUT2D eigenvalue weighted by Crippen LogP contribution is 2.06. The molecule has 0 bridgehead atoms. The lowest BCUT2D eigenvalue weighted by Crippen LogP contribution is -1.78. The van der Waals surface area contributed by atoms with Crippen LogP contribution in [0.25, 0.3) is 4.25 Å². The van der Waals surface area contributed by atoms with Crippen molar-refractivity contribution in [1.29, 1.82) is 0 Å². The van der Waals surface area contributed by atoms with Gasteiger partial charge in [0.25, 0.3) is 0 Å². The van der Waals surface area contributed by atoms with Gasteiger partial charge in [-0.15, -0.1) is 4.25 Å². The maximum Gasteiger partial charge on any atom is 0.502 e. The second-order valence-electron chi connectivity index (χ2n) is 1.60. The summed E-state index contributed by atoms with van der Waals surface area (Å²) in [5.74, 6) is 0.691. The average Bonchev–Trinajstić information content (AvgIpc) is 2.03. The average molecular weight is 151 g/mol. The first-order valence-electron chi connectivity index (χ1n) is 2.73. The molecule has 50 valence electrons. The zero-order valence-electron chi connectivity index (χ0n) is 5.15. The van der Waals surface area contributed by atoms with Crippen LogP contribution in [0.5, 0.6) is 5.75 Å². The first-order chi connectivity index (χ1) is 4.93. The number of hydrogen-bond donors (Lipinski definition) is 0. The molecule has 0 heterocycles. The Kier molecular flexibility index (Phi) is 2.53. The number of nitrogens with zero attached hydrogens (tertiary/aromatic N) is 1. The lowest BCUT2D eigenvalue weighted by Gasteiger charge is -1.88. The van der Waals surface area contributed by atoms with Crippen molar-refractivity contribution in [2.75, 3.05) is 0 Å². The molecule has 0 aliphatic carbocycles. The van der Waals surface area contributed by atoms with Crippen LogP contribution >= 0.6 is 0 Å². The summed E-state index contributed by atoms with van der Waals surface area (Å²) in [4.78, 5) is 0. The van der Waals surface area contributed by atoms with E-state index in [0.29, 0.717) is 5.75 Å². The molecule has 0 saturated heterocycles. The largest absolute Gasteiger partial charge is 0.502 e. The van der Waals surface area contributed by atoms with Crippen LogP contribution in [0.4, 0.5) is 0 Å². The molecule has 0 saturated carbocycles. The van der Waals surface area contributed by atoms with Crippen molar-refractivity contribution in [2.24, 2.45) is 0 Å². The lowest BCUT2D eigenvalue weighted by atomic mass is 10.3. The van der Waals surface area contributed by atoms with E-state index in [-0.39, 0.29) is 0 Å². The van der Waals surface area contributed by atoms with Gasteiger partial charge in [-0.05, 0) is 12.1 Å². The van der Waals surface area contributed by atoms with Gasteiger partial charge in [0.1, 0.15) is 5.75 Å². The Bertz CT molecular complexity index is 249. The van der Waals surface area contributed by atoms with E-state index in [2.05, 4.69) is 23.3 Å². The van der Waals surface area contributed by atoms with Gasteiger partial charge < -0.3 is 4.74 Å². The third-order valence-electron chi connectivity index (χ3n) is 0.944. The molecule has 0 atom stereocenters. The molecule has 0 fully saturated rings. The van der Waals surface area contributed by atoms with Crippen molar-refractivity contribution >= 4 is 12.8 Å². The Labute approximate surface area is 64.8 Å². The number of benzene rings is 1. The molecule has 2 nitrogen and oxygen atoms in total. The number of rotatable bonds is 1. The van der Waals surface area contributed by atoms with Crippen LogP contribution in [0.3, 0.4) is 0 Å². The number of para-hydroxylation sites is 1. The summed E-state index contributed by atoms with van der Waals surface area (Å²) in [5.41, 5.74) is 0. The highest BCUT2D eigenvalue weighted by Gasteiger charge is 1.88. The van der Waals surface area contributed by atoms with Crippen LogP contribution in [0.2, 0.25) is 0 Å². The van der Waals surface area contributed by atoms with Gasteiger partial charge in [-0.3, -0.25) is 12.8 Å². The van der Waals surface area contributed by atoms with E-state index in [9.17, 15) is 0 Å². The molecule has 0 amide bonds. The molecule has 0 aliphatic rings. The molecule has 0 spiro atoms. The molecule has 3 heteroatoms. The summed E-state index contributed by atoms with van der Waals surface area (Å²) >= 11 is 4.24. The zero-order chi connectivity index (χ0) is 7.23. The fraction of sp³-hybridized carbons (Fsp3) is 0. The molecule has 1 rings (SSSR count). The van der Waals surface area contributed by atoms with Gasteiger partial charge >= 0.3 is 6.26 Å². The molecule has 1 aromatic carbocycles. The van der Waals surface area contributed by atoms with Gasteiger partial charge in [0, 0.05) is 0 Å². The molecule has 0 aromatic heterocycles. The SMILES string of the molecule is [S-][N+]#COc1ccccc1. The summed E-state index contributed by atoms with van der Waals surface area (Å²) in [5, 5.41) is 0. The van der Waals surface area contributed by atoms with E-state index in [1.807, 2.05) is 18.2 Å². The predicted molar refractivity (Wildman–Crippen MR) is 41.7 cm³/mol. The third kappa shape index (κ3) is 1.92. The van der Waals surface area contributed by atoms with Gasteiger partial charge in [0.2, 0.25) is 0 Å². The Morgan fingerprint density at radius 2 is 2.00 bits per heavy atom. The van der Waals surface area contributed by atoms with Gasteiger partial charge in [0.15, 0.2) is 0 Å². The molecule has 1 aromatic rings. The van der Waals surface area contributed by atoms with Crippen LogP contribution in [0.15, 0.2) is 30.3 Å². The maximum absolute atomic E-state index is 4.83. The lowest BCUT2D eigenvalue weighted by molar-refractivity contribution is 0.519. The predicted octanol–water partition coefficient (Wildman–Crippen LogP) is 1.82. The van der Waals surface area contributed by atoms with Crippen molar-refractivity contribution in [1.82, 2.24) is 0 Å². The van der Waals surface area contributed by atoms with Gasteiger partial charge in [-0.1, -0.05) is 18.2 Å². The van der Waals surface area contributed by atoms with Crippen molar-refractivity contribution < 1.29 is 4.74 Å². The van der Waals surface area contributed by atoms with Gasteiger partial charge in [0.05, 0.1) is 0 Å². The third-order valence-corrected chi connectivity index (χ3v) is 1.02. The molecule has 0 N–H and O–H groups in total. The minimum atomic E-state index is 0.691. The van der Waals surface area contributed by atoms with Crippen LogP contribution in [-0.2, 0) is 12.8 Å². The summed E-state index contributed by atoms with van der Waals surface area (Å²) in [7, 11) is 0. The van der Waals surface area contributed by atoms with E-state index in [1.165, 1.54) is 0 Å². The van der Waals surface area contributed by atoms with Gasteiger partial charge in [-0.25, -0.2) is 0 Å². The van der Waals surface area contributed by atoms with E-state index < -0.39 is 0 Å². The van der Waals surface area contributed by atoms with Crippen LogP contribution < -0.4 is 4.74 Å². The summed E-state index contributed by atoms with van der Waals surface area (Å²) in [6.07, 6.45) is 2.20. The Morgan fingerprint density at radius 3 is 2.60 bits per heavy atom. The second kappa shape index (κ2) is 3.70. The standard InChI is InChI=1S/C7H5NOS/c10-8-6-9-7-4-2-1-3-5-7/h1-5H.